The molecule has 0 aromatic carbocycles. The van der Waals surface area contributed by atoms with E-state index in [2.05, 4.69) is 20.2 Å². The van der Waals surface area contributed by atoms with E-state index in [4.69, 9.17) is 0 Å². The average molecular weight is 286 g/mol. The largest absolute Gasteiger partial charge is 0.370 e. The van der Waals surface area contributed by atoms with Crippen molar-refractivity contribution in [1.29, 1.82) is 0 Å². The Hall–Kier alpha value is -0.820. The van der Waals surface area contributed by atoms with E-state index in [1.54, 1.807) is 0 Å². The van der Waals surface area contributed by atoms with Crippen molar-refractivity contribution < 1.29 is 4.21 Å². The normalized spacial score (nSPS) is 16.9. The number of anilines is 2. The summed E-state index contributed by atoms with van der Waals surface area (Å²) in [4.78, 5) is 11.1. The van der Waals surface area contributed by atoms with Crippen molar-refractivity contribution in [2.45, 2.75) is 12.1 Å². The zero-order valence-electron chi connectivity index (χ0n) is 10.7. The molecule has 0 unspecified atom stereocenters. The summed E-state index contributed by atoms with van der Waals surface area (Å²) in [5.74, 6) is 3.25. The van der Waals surface area contributed by atoms with Crippen molar-refractivity contribution in [3.8, 4) is 0 Å². The lowest BCUT2D eigenvalue weighted by atomic mass is 10.4. The van der Waals surface area contributed by atoms with E-state index in [9.17, 15) is 4.21 Å². The van der Waals surface area contributed by atoms with Crippen LogP contribution >= 0.6 is 11.8 Å². The van der Waals surface area contributed by atoms with Crippen LogP contribution in [0.4, 0.5) is 11.6 Å². The van der Waals surface area contributed by atoms with Gasteiger partial charge in [-0.25, -0.2) is 9.97 Å². The summed E-state index contributed by atoms with van der Waals surface area (Å²) in [5.41, 5.74) is 0. The van der Waals surface area contributed by atoms with Gasteiger partial charge in [0, 0.05) is 48.0 Å². The van der Waals surface area contributed by atoms with Crippen molar-refractivity contribution in [1.82, 2.24) is 9.97 Å². The van der Waals surface area contributed by atoms with Crippen LogP contribution in [0.5, 0.6) is 0 Å². The quantitative estimate of drug-likeness (QED) is 0.663. The molecule has 0 spiro atoms. The molecule has 18 heavy (non-hydrogen) atoms. The van der Waals surface area contributed by atoms with Crippen LogP contribution in [-0.4, -0.2) is 51.6 Å². The van der Waals surface area contributed by atoms with Crippen LogP contribution < -0.4 is 10.2 Å². The number of nitrogens with zero attached hydrogens (tertiary/aromatic N) is 3. The number of rotatable bonds is 4. The molecular formula is C11H18N4OS2. The summed E-state index contributed by atoms with van der Waals surface area (Å²) in [6.45, 7) is 4.50. The van der Waals surface area contributed by atoms with E-state index in [0.29, 0.717) is 0 Å². The van der Waals surface area contributed by atoms with Gasteiger partial charge in [-0.15, -0.1) is 0 Å². The molecule has 0 bridgehead atoms. The van der Waals surface area contributed by atoms with Gasteiger partial charge in [0.2, 0.25) is 0 Å². The molecule has 1 aliphatic heterocycles. The van der Waals surface area contributed by atoms with E-state index in [0.717, 1.165) is 47.9 Å². The van der Waals surface area contributed by atoms with Crippen molar-refractivity contribution in [3.05, 3.63) is 6.07 Å². The molecule has 1 saturated heterocycles. The minimum absolute atomic E-state index is 0.656. The number of hydrogen-bond donors (Lipinski definition) is 1. The van der Waals surface area contributed by atoms with Gasteiger partial charge in [-0.1, -0.05) is 11.8 Å². The zero-order valence-corrected chi connectivity index (χ0v) is 12.3. The summed E-state index contributed by atoms with van der Waals surface area (Å²) in [7, 11) is -0.656. The Labute approximate surface area is 114 Å². The van der Waals surface area contributed by atoms with Crippen LogP contribution in [0.2, 0.25) is 0 Å². The molecule has 1 aromatic rings. The maximum absolute atomic E-state index is 11.4. The number of aromatic nitrogens is 2. The molecule has 0 atom stereocenters. The van der Waals surface area contributed by atoms with Crippen molar-refractivity contribution in [3.63, 3.8) is 0 Å². The second-order valence-electron chi connectivity index (χ2n) is 3.96. The number of thioether (sulfide) groups is 1. The maximum Gasteiger partial charge on any atom is 0.191 e. The number of nitrogens with one attached hydrogen (secondary N) is 1. The Balaban J connectivity index is 2.20. The van der Waals surface area contributed by atoms with Gasteiger partial charge in [-0.2, -0.15) is 0 Å². The van der Waals surface area contributed by atoms with Crippen LogP contribution in [0, 0.1) is 0 Å². The smallest absolute Gasteiger partial charge is 0.191 e. The molecule has 1 aromatic heterocycles. The van der Waals surface area contributed by atoms with Crippen LogP contribution in [0.1, 0.15) is 6.92 Å². The summed E-state index contributed by atoms with van der Waals surface area (Å²) in [6.07, 6.45) is 1.97. The molecular weight excluding hydrogens is 268 g/mol. The Morgan fingerprint density at radius 1 is 1.44 bits per heavy atom. The molecule has 100 valence electrons. The Kier molecular flexibility index (Phi) is 4.82. The van der Waals surface area contributed by atoms with Gasteiger partial charge in [0.25, 0.3) is 0 Å². The summed E-state index contributed by atoms with van der Waals surface area (Å²) in [6, 6.07) is 1.97. The highest BCUT2D eigenvalue weighted by atomic mass is 32.2. The van der Waals surface area contributed by atoms with E-state index >= 15 is 0 Å². The molecule has 0 radical (unpaired) electrons. The molecule has 5 nitrogen and oxygen atoms in total. The van der Waals surface area contributed by atoms with Crippen molar-refractivity contribution in [2.75, 3.05) is 47.6 Å². The summed E-state index contributed by atoms with van der Waals surface area (Å²) < 4.78 is 11.4. The van der Waals surface area contributed by atoms with Crippen molar-refractivity contribution >= 4 is 34.2 Å². The lowest BCUT2D eigenvalue weighted by Gasteiger charge is -2.27. The second-order valence-corrected chi connectivity index (χ2v) is 6.43. The molecule has 1 aliphatic rings. The molecule has 1 N–H and O–H groups in total. The minimum Gasteiger partial charge on any atom is -0.370 e. The van der Waals surface area contributed by atoms with E-state index in [1.807, 2.05) is 19.2 Å². The van der Waals surface area contributed by atoms with Crippen LogP contribution in [0.25, 0.3) is 0 Å². The highest BCUT2D eigenvalue weighted by Gasteiger charge is 2.17. The van der Waals surface area contributed by atoms with Gasteiger partial charge in [0.1, 0.15) is 11.6 Å². The first kappa shape index (κ1) is 13.6. The molecule has 0 aliphatic carbocycles. The third kappa shape index (κ3) is 3.35. The lowest BCUT2D eigenvalue weighted by Crippen LogP contribution is -2.38. The van der Waals surface area contributed by atoms with Crippen LogP contribution in [0.3, 0.4) is 0 Å². The second kappa shape index (κ2) is 6.38. The first-order chi connectivity index (χ1) is 8.72. The highest BCUT2D eigenvalue weighted by molar-refractivity contribution is 7.98. The van der Waals surface area contributed by atoms with Gasteiger partial charge in [-0.05, 0) is 13.2 Å². The monoisotopic (exact) mass is 286 g/mol. The van der Waals surface area contributed by atoms with Gasteiger partial charge in [0.15, 0.2) is 5.16 Å². The zero-order chi connectivity index (χ0) is 13.0. The topological polar surface area (TPSA) is 58.1 Å². The summed E-state index contributed by atoms with van der Waals surface area (Å²) >= 11 is 1.54. The predicted molar refractivity (Wildman–Crippen MR) is 78.1 cm³/mol. The molecule has 0 amide bonds. The summed E-state index contributed by atoms with van der Waals surface area (Å²) in [5, 5.41) is 3.99. The van der Waals surface area contributed by atoms with E-state index in [-0.39, 0.29) is 0 Å². The lowest BCUT2D eigenvalue weighted by molar-refractivity contribution is 0.672. The van der Waals surface area contributed by atoms with Gasteiger partial charge < -0.3 is 10.2 Å². The molecule has 0 saturated carbocycles. The average Bonchev–Trinajstić information content (AvgIpc) is 2.39. The fraction of sp³-hybridized carbons (Fsp3) is 0.636. The van der Waals surface area contributed by atoms with Crippen LogP contribution in [0.15, 0.2) is 11.2 Å². The van der Waals surface area contributed by atoms with Gasteiger partial charge >= 0.3 is 0 Å². The van der Waals surface area contributed by atoms with Gasteiger partial charge in [-0.3, -0.25) is 4.21 Å². The van der Waals surface area contributed by atoms with E-state index in [1.165, 1.54) is 11.8 Å². The predicted octanol–water partition coefficient (Wildman–Crippen LogP) is 1.20. The molecule has 2 heterocycles. The minimum atomic E-state index is -0.656. The Bertz CT molecular complexity index is 431. The Morgan fingerprint density at radius 2 is 2.17 bits per heavy atom. The SMILES string of the molecule is CCNc1cc(N2CCS(=O)CC2)nc(SC)n1. The fourth-order valence-electron chi connectivity index (χ4n) is 1.80. The molecule has 1 fully saturated rings. The standard InChI is InChI=1S/C11H18N4OS2/c1-3-12-9-8-10(14-11(13-9)17-2)15-4-6-18(16)7-5-15/h8H,3-7H2,1-2H3,(H,12,13,14). The molecule has 7 heteroatoms. The fourth-order valence-corrected chi connectivity index (χ4v) is 3.23. The van der Waals surface area contributed by atoms with Crippen molar-refractivity contribution in [2.24, 2.45) is 0 Å². The third-order valence-corrected chi connectivity index (χ3v) is 4.56. The first-order valence-corrected chi connectivity index (χ1v) is 8.71. The Morgan fingerprint density at radius 3 is 2.78 bits per heavy atom. The van der Waals surface area contributed by atoms with E-state index < -0.39 is 10.8 Å². The third-order valence-electron chi connectivity index (χ3n) is 2.73. The highest BCUT2D eigenvalue weighted by Crippen LogP contribution is 2.21. The first-order valence-electron chi connectivity index (χ1n) is 5.99. The maximum atomic E-state index is 11.4. The van der Waals surface area contributed by atoms with Crippen LogP contribution in [-0.2, 0) is 10.8 Å². The van der Waals surface area contributed by atoms with Gasteiger partial charge in [0.05, 0.1) is 0 Å². The number of hydrogen-bond acceptors (Lipinski definition) is 6. The molecule has 2 rings (SSSR count).